The third-order valence-corrected chi connectivity index (χ3v) is 19.0. The lowest BCUT2D eigenvalue weighted by Crippen LogP contribution is -2.58. The first-order chi connectivity index (χ1) is 44.5. The van der Waals surface area contributed by atoms with Crippen molar-refractivity contribution in [3.05, 3.63) is 94.5 Å². The van der Waals surface area contributed by atoms with Gasteiger partial charge in [-0.05, 0) is 176 Å². The Labute approximate surface area is 562 Å². The monoisotopic (exact) mass is 1300 g/mol. The standard InChI is InChI=1S/C43H64N4O7.C31H48N4O4.CH4/c1-29(2)26-36(41(50)52-28-31-16-10-8-11-17-31)46-39(48)30(3)47(7)40(49)37(32-18-12-9-13-19-32)45-27-35-24-23-34-21-14-20-33(38(34)53-35)22-15-25-44-42(51)54-43(4,5)6;1-20(2)18-26-30(37)32-17-9-14-23-12-8-13-24-15-16-25(39-28(23)24)19-33-27(22-10-6-5-7-11-22)31(38)35(4)21(3)29(36)34-26;/h8,10-11,14,16-17,20-21,29-30,32,35-37,45H,9,12-13,15,18-19,22-28H2,1-7H3,(H,44,51)(H,46,48);8,12-13,20-22,25-27,33H,5-7,9-11,14-19H2,1-4H3,(H,32,37)(H,34,36);1H4/t30-,35-,36-,37+;21-,25-,26-,27+;/m11./s1. The van der Waals surface area contributed by atoms with Crippen LogP contribution in [0.5, 0.6) is 11.5 Å². The van der Waals surface area contributed by atoms with E-state index < -0.39 is 53.8 Å². The van der Waals surface area contributed by atoms with Gasteiger partial charge in [0.15, 0.2) is 0 Å². The number of nitrogens with zero attached hydrogens (tertiary/aromatic N) is 2. The third-order valence-electron chi connectivity index (χ3n) is 19.0. The van der Waals surface area contributed by atoms with Gasteiger partial charge in [0.05, 0.1) is 12.1 Å². The Morgan fingerprint density at radius 3 is 2.07 bits per heavy atom. The van der Waals surface area contributed by atoms with Gasteiger partial charge in [0, 0.05) is 40.3 Å². The van der Waals surface area contributed by atoms with Gasteiger partial charge in [-0.25, -0.2) is 9.59 Å². The highest BCUT2D eigenvalue weighted by Gasteiger charge is 2.39. The smallest absolute Gasteiger partial charge is 0.407 e. The molecule has 8 atom stereocenters. The normalized spacial score (nSPS) is 21.9. The Balaban J connectivity index is 0.000000310. The first-order valence-electron chi connectivity index (χ1n) is 35.1. The van der Waals surface area contributed by atoms with Crippen LogP contribution in [0.1, 0.15) is 200 Å². The maximum Gasteiger partial charge on any atom is 0.407 e. The SMILES string of the molecule is C.CC(C)C[C@@H](NC(=O)[C@@H](C)N(C)C(=O)[C@@H](NC[C@H]1CCc2cccc(CCCNC(=O)OC(C)(C)C)c2O1)C1CCCCC1)C(=O)OCc1ccccc1.CC(C)C[C@H]1NC(=O)[C@@H](C)N(C)C(=O)[C@H](C2CCCCC2)NC[C@H]2CCc3cccc(c3O2)CCCNC1=O. The molecule has 0 unspecified atom stereocenters. The van der Waals surface area contributed by atoms with E-state index >= 15 is 0 Å². The topological polar surface area (TPSA) is 235 Å². The van der Waals surface area contributed by atoms with Crippen LogP contribution < -0.4 is 41.4 Å². The van der Waals surface area contributed by atoms with Gasteiger partial charge >= 0.3 is 12.1 Å². The van der Waals surface area contributed by atoms with Gasteiger partial charge in [0.2, 0.25) is 29.5 Å². The number of fused-ring (bicyclic) bond motifs is 2. The summed E-state index contributed by atoms with van der Waals surface area (Å²) in [7, 11) is 3.38. The van der Waals surface area contributed by atoms with Crippen LogP contribution in [0.4, 0.5) is 4.79 Å². The van der Waals surface area contributed by atoms with Gasteiger partial charge in [0.25, 0.3) is 0 Å². The number of esters is 1. The number of hydrogen-bond donors (Lipinski definition) is 6. The second kappa shape index (κ2) is 37.5. The van der Waals surface area contributed by atoms with Gasteiger partial charge in [-0.3, -0.25) is 24.0 Å². The number of rotatable bonds is 20. The molecule has 3 heterocycles. The van der Waals surface area contributed by atoms with Gasteiger partial charge in [-0.15, -0.1) is 0 Å². The number of ether oxygens (including phenoxy) is 4. The molecule has 6 N–H and O–H groups in total. The molecule has 0 spiro atoms. The average molecular weight is 1310 g/mol. The highest BCUT2D eigenvalue weighted by molar-refractivity contribution is 5.93. The van der Waals surface area contributed by atoms with Gasteiger partial charge < -0.3 is 60.6 Å². The van der Waals surface area contributed by atoms with Crippen LogP contribution in [0, 0.1) is 23.7 Å². The summed E-state index contributed by atoms with van der Waals surface area (Å²) in [5.74, 6) is 1.08. The quantitative estimate of drug-likeness (QED) is 0.0457. The number of aryl methyl sites for hydroxylation is 4. The van der Waals surface area contributed by atoms with Crippen molar-refractivity contribution in [2.24, 2.45) is 23.7 Å². The van der Waals surface area contributed by atoms with Crippen molar-refractivity contribution in [2.45, 2.75) is 259 Å². The summed E-state index contributed by atoms with van der Waals surface area (Å²) >= 11 is 0. The second-order valence-corrected chi connectivity index (χ2v) is 28.6. The van der Waals surface area contributed by atoms with Crippen molar-refractivity contribution in [1.29, 1.82) is 0 Å². The van der Waals surface area contributed by atoms with E-state index in [1.54, 1.807) is 32.8 Å². The number of nitrogens with one attached hydrogen (secondary N) is 6. The molecule has 3 aliphatic heterocycles. The maximum atomic E-state index is 14.3. The van der Waals surface area contributed by atoms with E-state index in [0.717, 1.165) is 137 Å². The molecule has 0 aromatic heterocycles. The predicted molar refractivity (Wildman–Crippen MR) is 369 cm³/mol. The fourth-order valence-electron chi connectivity index (χ4n) is 13.5. The van der Waals surface area contributed by atoms with Crippen LogP contribution in [0.25, 0.3) is 0 Å². The molecule has 2 aliphatic carbocycles. The molecule has 94 heavy (non-hydrogen) atoms. The van der Waals surface area contributed by atoms with Crippen molar-refractivity contribution >= 4 is 41.6 Å². The molecular formula is C75H116N8O11. The first kappa shape index (κ1) is 76.3. The van der Waals surface area contributed by atoms with Crippen LogP contribution in [0.3, 0.4) is 0 Å². The van der Waals surface area contributed by atoms with E-state index in [0.29, 0.717) is 39.0 Å². The molecule has 3 aromatic rings. The van der Waals surface area contributed by atoms with Crippen molar-refractivity contribution < 1.29 is 52.5 Å². The summed E-state index contributed by atoms with van der Waals surface area (Å²) < 4.78 is 24.1. The lowest BCUT2D eigenvalue weighted by molar-refractivity contribution is -0.150. The van der Waals surface area contributed by atoms with Crippen LogP contribution in [0.15, 0.2) is 66.7 Å². The molecule has 2 saturated carbocycles. The summed E-state index contributed by atoms with van der Waals surface area (Å²) in [5.41, 5.74) is 4.99. The molecule has 0 saturated heterocycles. The lowest BCUT2D eigenvalue weighted by Gasteiger charge is -2.36. The van der Waals surface area contributed by atoms with Crippen molar-refractivity contribution in [3.8, 4) is 11.5 Å². The minimum absolute atomic E-state index is 0. The number of para-hydroxylation sites is 2. The zero-order valence-corrected chi connectivity index (χ0v) is 57.8. The number of likely N-dealkylation sites (N-methyl/N-ethyl adjacent to an activating group) is 2. The molecule has 19 nitrogen and oxygen atoms in total. The Morgan fingerprint density at radius 2 is 1.40 bits per heavy atom. The summed E-state index contributed by atoms with van der Waals surface area (Å²) in [6.07, 6.45) is 17.7. The number of amides is 6. The van der Waals surface area contributed by atoms with Crippen LogP contribution >= 0.6 is 0 Å². The Bertz CT molecular complexity index is 2900. The minimum Gasteiger partial charge on any atom is -0.489 e. The van der Waals surface area contributed by atoms with Gasteiger partial charge in [-0.2, -0.15) is 0 Å². The summed E-state index contributed by atoms with van der Waals surface area (Å²) in [6.45, 7) is 19.3. The molecule has 19 heteroatoms. The zero-order valence-electron chi connectivity index (χ0n) is 57.8. The summed E-state index contributed by atoms with van der Waals surface area (Å²) in [4.78, 5) is 96.5. The number of benzene rings is 3. The summed E-state index contributed by atoms with van der Waals surface area (Å²) in [6, 6.07) is 18.2. The number of carbonyl (C=O) groups is 7. The fourth-order valence-corrected chi connectivity index (χ4v) is 13.5. The Kier molecular flexibility index (Phi) is 30.5. The molecular weight excluding hydrogens is 1190 g/mol. The molecule has 2 bridgehead atoms. The van der Waals surface area contributed by atoms with Gasteiger partial charge in [-0.1, -0.05) is 140 Å². The van der Waals surface area contributed by atoms with E-state index in [1.165, 1.54) is 22.4 Å². The number of alkyl carbamates (subject to hydrolysis) is 1. The van der Waals surface area contributed by atoms with Crippen LogP contribution in [-0.4, -0.2) is 146 Å². The fraction of sp³-hybridized carbons (Fsp3) is 0.667. The van der Waals surface area contributed by atoms with E-state index in [-0.39, 0.29) is 79.6 Å². The average Bonchev–Trinajstić information content (AvgIpc) is 0.863. The number of carbonyl (C=O) groups excluding carboxylic acids is 7. The number of hydrogen-bond acceptors (Lipinski definition) is 13. The maximum absolute atomic E-state index is 14.3. The Morgan fingerprint density at radius 1 is 0.755 bits per heavy atom. The van der Waals surface area contributed by atoms with E-state index in [4.69, 9.17) is 18.9 Å². The van der Waals surface area contributed by atoms with Crippen molar-refractivity contribution in [1.82, 2.24) is 41.7 Å². The molecule has 0 radical (unpaired) electrons. The highest BCUT2D eigenvalue weighted by atomic mass is 16.6. The van der Waals surface area contributed by atoms with Crippen LogP contribution in [-0.2, 0) is 70.5 Å². The first-order valence-corrected chi connectivity index (χ1v) is 35.1. The Hall–Kier alpha value is -6.73. The largest absolute Gasteiger partial charge is 0.489 e. The minimum atomic E-state index is -0.822. The van der Waals surface area contributed by atoms with E-state index in [2.05, 4.69) is 68.3 Å². The zero-order chi connectivity index (χ0) is 67.2. The molecule has 5 aliphatic rings. The van der Waals surface area contributed by atoms with Gasteiger partial charge in [0.1, 0.15) is 60.1 Å². The lowest BCUT2D eigenvalue weighted by atomic mass is 9.83. The van der Waals surface area contributed by atoms with E-state index in [9.17, 15) is 33.6 Å². The molecule has 8 rings (SSSR count). The molecule has 2 fully saturated rings. The second-order valence-electron chi connectivity index (χ2n) is 28.6. The molecule has 522 valence electrons. The molecule has 3 aromatic carbocycles. The predicted octanol–water partition coefficient (Wildman–Crippen LogP) is 10.5. The van der Waals surface area contributed by atoms with Crippen molar-refractivity contribution in [3.63, 3.8) is 0 Å². The highest BCUT2D eigenvalue weighted by Crippen LogP contribution is 2.35. The van der Waals surface area contributed by atoms with Crippen molar-refractivity contribution in [2.75, 3.05) is 40.3 Å². The third kappa shape index (κ3) is 23.3. The summed E-state index contributed by atoms with van der Waals surface area (Å²) in [5, 5.41) is 18.9. The van der Waals surface area contributed by atoms with Crippen LogP contribution in [0.2, 0.25) is 0 Å². The molecule has 6 amide bonds. The van der Waals surface area contributed by atoms with E-state index in [1.807, 2.05) is 78.8 Å².